The van der Waals surface area contributed by atoms with Gasteiger partial charge in [0.05, 0.1) is 10.3 Å². The van der Waals surface area contributed by atoms with Crippen molar-refractivity contribution in [2.75, 3.05) is 0 Å². The molecular weight excluding hydrogens is 358 g/mol. The first-order chi connectivity index (χ1) is 11.8. The predicted octanol–water partition coefficient (Wildman–Crippen LogP) is 4.57. The van der Waals surface area contributed by atoms with Crippen molar-refractivity contribution in [3.63, 3.8) is 0 Å². The number of aromatic nitrogens is 1. The monoisotopic (exact) mass is 367 g/mol. The van der Waals surface area contributed by atoms with Crippen molar-refractivity contribution in [1.82, 2.24) is 4.57 Å². The number of hydrogen-bond donors (Lipinski definition) is 0. The lowest BCUT2D eigenvalue weighted by Gasteiger charge is -2.09. The summed E-state index contributed by atoms with van der Waals surface area (Å²) in [5.74, 6) is -1.67. The number of carbonyl (C=O) groups excluding carboxylic acids is 1. The van der Waals surface area contributed by atoms with E-state index in [1.165, 1.54) is 30.3 Å². The Balaban J connectivity index is 2.04. The maximum atomic E-state index is 13.9. The first-order valence-electron chi connectivity index (χ1n) is 6.98. The first-order valence-corrected chi connectivity index (χ1v) is 7.79. The number of allylic oxidation sites excluding steroid dienone is 1. The summed E-state index contributed by atoms with van der Waals surface area (Å²) in [5, 5.41) is 0. The van der Waals surface area contributed by atoms with Crippen molar-refractivity contribution >= 4 is 33.5 Å². The van der Waals surface area contributed by atoms with E-state index in [9.17, 15) is 27.2 Å². The molecule has 0 fully saturated rings. The molecule has 2 aromatic carbocycles. The van der Waals surface area contributed by atoms with Crippen LogP contribution in [0, 0.1) is 5.82 Å². The van der Waals surface area contributed by atoms with Crippen LogP contribution in [0.2, 0.25) is 0 Å². The Morgan fingerprint density at radius 2 is 1.80 bits per heavy atom. The molecule has 1 heterocycles. The fourth-order valence-electron chi connectivity index (χ4n) is 2.36. The van der Waals surface area contributed by atoms with Crippen LogP contribution in [0.15, 0.2) is 53.3 Å². The molecule has 0 atom stereocenters. The minimum atomic E-state index is -4.58. The SMILES string of the molecule is O=C(C=Cc1ccccc1C(F)(F)F)n1c(=O)sc2cccc(F)c21. The van der Waals surface area contributed by atoms with Crippen molar-refractivity contribution in [3.05, 3.63) is 75.2 Å². The Kier molecular flexibility index (Phi) is 4.30. The molecule has 1 aromatic heterocycles. The van der Waals surface area contributed by atoms with Crippen LogP contribution >= 0.6 is 11.3 Å². The average Bonchev–Trinajstić information content (AvgIpc) is 2.89. The van der Waals surface area contributed by atoms with Crippen LogP contribution in [0.4, 0.5) is 17.6 Å². The topological polar surface area (TPSA) is 39.1 Å². The number of benzene rings is 2. The lowest BCUT2D eigenvalue weighted by molar-refractivity contribution is -0.137. The van der Waals surface area contributed by atoms with Gasteiger partial charge in [-0.2, -0.15) is 13.2 Å². The second-order valence-electron chi connectivity index (χ2n) is 5.05. The van der Waals surface area contributed by atoms with Crippen molar-refractivity contribution in [2.24, 2.45) is 0 Å². The Bertz CT molecular complexity index is 1050. The number of rotatable bonds is 2. The molecule has 3 rings (SSSR count). The summed E-state index contributed by atoms with van der Waals surface area (Å²) in [4.78, 5) is 23.5. The van der Waals surface area contributed by atoms with Gasteiger partial charge in [-0.15, -0.1) is 0 Å². The minimum absolute atomic E-state index is 0.184. The number of thiazole rings is 1. The third-order valence-electron chi connectivity index (χ3n) is 3.45. The van der Waals surface area contributed by atoms with E-state index in [0.717, 1.165) is 24.3 Å². The van der Waals surface area contributed by atoms with Crippen LogP contribution in [-0.4, -0.2) is 10.5 Å². The highest BCUT2D eigenvalue weighted by Gasteiger charge is 2.32. The van der Waals surface area contributed by atoms with E-state index in [1.807, 2.05) is 0 Å². The van der Waals surface area contributed by atoms with Crippen LogP contribution in [-0.2, 0) is 6.18 Å². The molecule has 0 aliphatic heterocycles. The van der Waals surface area contributed by atoms with Gasteiger partial charge in [-0.25, -0.2) is 8.96 Å². The number of para-hydroxylation sites is 1. The molecule has 3 aromatic rings. The van der Waals surface area contributed by atoms with Gasteiger partial charge >= 0.3 is 11.0 Å². The van der Waals surface area contributed by atoms with Crippen molar-refractivity contribution in [3.8, 4) is 0 Å². The van der Waals surface area contributed by atoms with Gasteiger partial charge in [0.1, 0.15) is 11.3 Å². The fourth-order valence-corrected chi connectivity index (χ4v) is 3.25. The molecule has 0 saturated heterocycles. The highest BCUT2D eigenvalue weighted by atomic mass is 32.1. The molecule has 0 aliphatic rings. The molecule has 8 heteroatoms. The number of alkyl halides is 3. The van der Waals surface area contributed by atoms with E-state index < -0.39 is 28.3 Å². The van der Waals surface area contributed by atoms with E-state index in [1.54, 1.807) is 0 Å². The highest BCUT2D eigenvalue weighted by molar-refractivity contribution is 7.16. The van der Waals surface area contributed by atoms with E-state index in [0.29, 0.717) is 15.9 Å². The quantitative estimate of drug-likeness (QED) is 0.491. The molecule has 0 unspecified atom stereocenters. The van der Waals surface area contributed by atoms with Gasteiger partial charge in [0.2, 0.25) is 0 Å². The van der Waals surface area contributed by atoms with Crippen molar-refractivity contribution < 1.29 is 22.4 Å². The zero-order valence-corrected chi connectivity index (χ0v) is 13.2. The van der Waals surface area contributed by atoms with Crippen LogP contribution in [0.25, 0.3) is 16.3 Å². The Labute approximate surface area is 142 Å². The van der Waals surface area contributed by atoms with Gasteiger partial charge in [0.25, 0.3) is 5.91 Å². The van der Waals surface area contributed by atoms with E-state index in [-0.39, 0.29) is 15.8 Å². The third kappa shape index (κ3) is 3.25. The smallest absolute Gasteiger partial charge is 0.269 e. The molecular formula is C17H9F4NO2S. The summed E-state index contributed by atoms with van der Waals surface area (Å²) in [6.07, 6.45) is -2.80. The zero-order valence-electron chi connectivity index (χ0n) is 12.4. The van der Waals surface area contributed by atoms with Gasteiger partial charge in [-0.3, -0.25) is 9.59 Å². The molecule has 0 bridgehead atoms. The van der Waals surface area contributed by atoms with Gasteiger partial charge < -0.3 is 0 Å². The maximum Gasteiger partial charge on any atom is 0.416 e. The average molecular weight is 367 g/mol. The molecule has 0 N–H and O–H groups in total. The maximum absolute atomic E-state index is 13.9. The molecule has 0 amide bonds. The zero-order chi connectivity index (χ0) is 18.2. The second kappa shape index (κ2) is 6.29. The number of carbonyl (C=O) groups is 1. The van der Waals surface area contributed by atoms with Crippen molar-refractivity contribution in [1.29, 1.82) is 0 Å². The van der Waals surface area contributed by atoms with Crippen LogP contribution in [0.5, 0.6) is 0 Å². The molecule has 0 spiro atoms. The van der Waals surface area contributed by atoms with E-state index in [4.69, 9.17) is 0 Å². The first kappa shape index (κ1) is 17.1. The number of halogens is 4. The normalized spacial score (nSPS) is 12.2. The second-order valence-corrected chi connectivity index (χ2v) is 6.04. The molecule has 128 valence electrons. The Morgan fingerprint density at radius 3 is 2.52 bits per heavy atom. The van der Waals surface area contributed by atoms with E-state index >= 15 is 0 Å². The number of nitrogens with zero attached hydrogens (tertiary/aromatic N) is 1. The summed E-state index contributed by atoms with van der Waals surface area (Å²) in [7, 11) is 0. The summed E-state index contributed by atoms with van der Waals surface area (Å²) in [6, 6.07) is 8.69. The summed E-state index contributed by atoms with van der Waals surface area (Å²) in [5.41, 5.74) is -1.32. The van der Waals surface area contributed by atoms with E-state index in [2.05, 4.69) is 0 Å². The van der Waals surface area contributed by atoms with Crippen molar-refractivity contribution in [2.45, 2.75) is 6.18 Å². The lowest BCUT2D eigenvalue weighted by atomic mass is 10.1. The molecule has 0 radical (unpaired) electrons. The van der Waals surface area contributed by atoms with Crippen LogP contribution in [0.1, 0.15) is 15.9 Å². The minimum Gasteiger partial charge on any atom is -0.269 e. The van der Waals surface area contributed by atoms with Gasteiger partial charge in [0.15, 0.2) is 0 Å². The van der Waals surface area contributed by atoms with Crippen LogP contribution in [0.3, 0.4) is 0 Å². The molecule has 0 saturated carbocycles. The lowest BCUT2D eigenvalue weighted by Crippen LogP contribution is -2.20. The predicted molar refractivity (Wildman–Crippen MR) is 87.1 cm³/mol. The molecule has 3 nitrogen and oxygen atoms in total. The third-order valence-corrected chi connectivity index (χ3v) is 4.35. The Morgan fingerprint density at radius 1 is 1.08 bits per heavy atom. The highest BCUT2D eigenvalue weighted by Crippen LogP contribution is 2.32. The standard InChI is InChI=1S/C17H9F4NO2S/c18-12-6-3-7-13-15(12)22(16(24)25-13)14(23)9-8-10-4-1-2-5-11(10)17(19,20)21/h1-9H. The number of fused-ring (bicyclic) bond motifs is 1. The largest absolute Gasteiger partial charge is 0.416 e. The van der Waals surface area contributed by atoms with Gasteiger partial charge in [-0.05, 0) is 29.8 Å². The van der Waals surface area contributed by atoms with Crippen LogP contribution < -0.4 is 4.87 Å². The molecule has 25 heavy (non-hydrogen) atoms. The summed E-state index contributed by atoms with van der Waals surface area (Å²) < 4.78 is 53.7. The fraction of sp³-hybridized carbons (Fsp3) is 0.0588. The number of hydrogen-bond acceptors (Lipinski definition) is 3. The summed E-state index contributed by atoms with van der Waals surface area (Å²) >= 11 is 0.683. The molecule has 0 aliphatic carbocycles. The summed E-state index contributed by atoms with van der Waals surface area (Å²) in [6.45, 7) is 0. The van der Waals surface area contributed by atoms with Gasteiger partial charge in [0, 0.05) is 6.08 Å². The Hall–Kier alpha value is -2.74. The van der Waals surface area contributed by atoms with Gasteiger partial charge in [-0.1, -0.05) is 35.6 Å².